The molecular formula is C38H62O6S. The lowest BCUT2D eigenvalue weighted by Gasteiger charge is -2.64. The first-order chi connectivity index (χ1) is 21.0. The molecule has 0 aromatic heterocycles. The van der Waals surface area contributed by atoms with Crippen molar-refractivity contribution < 1.29 is 28.2 Å². The van der Waals surface area contributed by atoms with Gasteiger partial charge in [0.1, 0.15) is 17.3 Å². The van der Waals surface area contributed by atoms with Crippen LogP contribution in [0.2, 0.25) is 0 Å². The summed E-state index contributed by atoms with van der Waals surface area (Å²) in [6.45, 7) is 13.6. The predicted octanol–water partition coefficient (Wildman–Crippen LogP) is 6.80. The van der Waals surface area contributed by atoms with E-state index in [-0.39, 0.29) is 64.0 Å². The van der Waals surface area contributed by atoms with E-state index in [1.807, 2.05) is 13.8 Å². The van der Waals surface area contributed by atoms with Crippen molar-refractivity contribution in [3.8, 4) is 0 Å². The molecule has 6 saturated carbocycles. The molecule has 6 rings (SSSR count). The number of aliphatic hydroxyl groups excluding tert-OH is 2. The van der Waals surface area contributed by atoms with Crippen LogP contribution in [0, 0.1) is 69.0 Å². The highest BCUT2D eigenvalue weighted by atomic mass is 32.2. The Morgan fingerprint density at radius 1 is 0.933 bits per heavy atom. The lowest BCUT2D eigenvalue weighted by molar-refractivity contribution is -0.203. The van der Waals surface area contributed by atoms with Gasteiger partial charge in [0.15, 0.2) is 9.84 Å². The fourth-order valence-corrected chi connectivity index (χ4v) is 15.8. The summed E-state index contributed by atoms with van der Waals surface area (Å²) < 4.78 is 26.5. The second-order valence-corrected chi connectivity index (χ2v) is 20.3. The first-order valence-corrected chi connectivity index (χ1v) is 20.4. The van der Waals surface area contributed by atoms with E-state index in [1.54, 1.807) is 0 Å². The van der Waals surface area contributed by atoms with Crippen LogP contribution in [0.3, 0.4) is 0 Å². The van der Waals surface area contributed by atoms with Gasteiger partial charge in [-0.3, -0.25) is 9.59 Å². The number of ketones is 2. The molecule has 0 radical (unpaired) electrons. The molecular weight excluding hydrogens is 584 g/mol. The van der Waals surface area contributed by atoms with Crippen LogP contribution in [-0.2, 0) is 19.4 Å². The molecule has 256 valence electrons. The van der Waals surface area contributed by atoms with E-state index in [9.17, 15) is 28.2 Å². The van der Waals surface area contributed by atoms with Crippen molar-refractivity contribution in [2.75, 3.05) is 11.5 Å². The Balaban J connectivity index is 1.06. The third-order valence-electron chi connectivity index (χ3n) is 16.3. The minimum absolute atomic E-state index is 0.0865. The number of aliphatic hydroxyl groups is 2. The summed E-state index contributed by atoms with van der Waals surface area (Å²) in [5.41, 5.74) is -0.731. The van der Waals surface area contributed by atoms with Crippen molar-refractivity contribution in [2.45, 2.75) is 144 Å². The second-order valence-electron chi connectivity index (χ2n) is 18.2. The minimum atomic E-state index is -3.65. The first-order valence-electron chi connectivity index (χ1n) is 18.6. The number of carbonyl (C=O) groups excluding carboxylic acids is 2. The Kier molecular flexibility index (Phi) is 8.84. The molecule has 0 saturated heterocycles. The van der Waals surface area contributed by atoms with Crippen LogP contribution in [0.1, 0.15) is 131 Å². The van der Waals surface area contributed by atoms with E-state index < -0.39 is 21.0 Å². The van der Waals surface area contributed by atoms with Gasteiger partial charge in [0, 0.05) is 18.3 Å². The Morgan fingerprint density at radius 2 is 1.62 bits per heavy atom. The summed E-state index contributed by atoms with van der Waals surface area (Å²) >= 11 is 0. The molecule has 0 heterocycles. The summed E-state index contributed by atoms with van der Waals surface area (Å²) in [4.78, 5) is 25.9. The molecule has 0 aromatic rings. The second kappa shape index (κ2) is 11.7. The molecule has 0 aromatic carbocycles. The molecule has 2 bridgehead atoms. The maximum absolute atomic E-state index is 13.2. The smallest absolute Gasteiger partial charge is 0.158 e. The molecule has 13 atom stereocenters. The van der Waals surface area contributed by atoms with E-state index in [0.717, 1.165) is 44.9 Å². The largest absolute Gasteiger partial charge is 0.393 e. The fraction of sp³-hybridized carbons (Fsp3) is 0.947. The highest BCUT2D eigenvalue weighted by Gasteiger charge is 2.66. The molecule has 0 amide bonds. The number of fused-ring (bicyclic) bond motifs is 7. The number of rotatable bonds is 10. The molecule has 7 heteroatoms. The van der Waals surface area contributed by atoms with Crippen molar-refractivity contribution in [1.29, 1.82) is 0 Å². The molecule has 0 spiro atoms. The Labute approximate surface area is 273 Å². The SMILES string of the molecule is CC[C@H]1[C@@H](O)[C@@H]2[C@H](CC[C@]3(C)[C@@H]([C@H](C)CCCC(=O)CS(=O)(=O)C[C@]45CCC(CC4=O)C5(C)C)CC[C@@H]23)[C@@]2(C)CC[C@@H](O)C[C@@H]12. The number of hydrogen-bond donors (Lipinski definition) is 2. The number of hydrogen-bond acceptors (Lipinski definition) is 6. The lowest BCUT2D eigenvalue weighted by atomic mass is 9.41. The summed E-state index contributed by atoms with van der Waals surface area (Å²) in [5.74, 6) is 2.59. The standard InChI is InChI=1S/C38H62O6S/c1-7-27-31-20-25(39)14-16-37(31,6)30-15-17-36(5)28(11-12-29(36)33(30)34(27)42)23(2)9-8-10-26(40)21-45(43,44)22-38-18-13-24(19-32(38)41)35(38,3)4/h23-25,27-31,33-34,39,42H,7-22H2,1-6H3/t23-,24?,25-,27-,28-,29+,30+,31+,33+,34-,36-,37-,38-/m1/s1. The third-order valence-corrected chi connectivity index (χ3v) is 17.9. The van der Waals surface area contributed by atoms with E-state index in [2.05, 4.69) is 27.7 Å². The van der Waals surface area contributed by atoms with Crippen LogP contribution in [-0.4, -0.2) is 53.9 Å². The van der Waals surface area contributed by atoms with Crippen molar-refractivity contribution >= 4 is 21.4 Å². The number of Topliss-reactive ketones (excluding diaryl/α,β-unsaturated/α-hetero) is 2. The van der Waals surface area contributed by atoms with Crippen LogP contribution >= 0.6 is 0 Å². The molecule has 6 nitrogen and oxygen atoms in total. The average molecular weight is 647 g/mol. The minimum Gasteiger partial charge on any atom is -0.393 e. The highest BCUT2D eigenvalue weighted by molar-refractivity contribution is 7.92. The zero-order valence-corrected chi connectivity index (χ0v) is 29.8. The Hall–Kier alpha value is -0.790. The van der Waals surface area contributed by atoms with Gasteiger partial charge in [-0.05, 0) is 128 Å². The van der Waals surface area contributed by atoms with Gasteiger partial charge in [-0.2, -0.15) is 0 Å². The monoisotopic (exact) mass is 646 g/mol. The summed E-state index contributed by atoms with van der Waals surface area (Å²) in [6.07, 6.45) is 11.9. The summed E-state index contributed by atoms with van der Waals surface area (Å²) in [5, 5.41) is 22.5. The Bertz CT molecular complexity index is 1270. The maximum atomic E-state index is 13.2. The normalized spacial score (nSPS) is 47.6. The summed E-state index contributed by atoms with van der Waals surface area (Å²) in [6, 6.07) is 0. The van der Waals surface area contributed by atoms with Crippen LogP contribution in [0.25, 0.3) is 0 Å². The van der Waals surface area contributed by atoms with Crippen molar-refractivity contribution in [2.24, 2.45) is 69.0 Å². The molecule has 2 N–H and O–H groups in total. The van der Waals surface area contributed by atoms with E-state index in [0.29, 0.717) is 54.8 Å². The van der Waals surface area contributed by atoms with Gasteiger partial charge in [-0.25, -0.2) is 8.42 Å². The maximum Gasteiger partial charge on any atom is 0.158 e. The average Bonchev–Trinajstić information content (AvgIpc) is 3.49. The summed E-state index contributed by atoms with van der Waals surface area (Å²) in [7, 11) is -3.65. The lowest BCUT2D eigenvalue weighted by Crippen LogP contribution is -2.62. The van der Waals surface area contributed by atoms with Crippen molar-refractivity contribution in [3.63, 3.8) is 0 Å². The van der Waals surface area contributed by atoms with E-state index >= 15 is 0 Å². The predicted molar refractivity (Wildman–Crippen MR) is 177 cm³/mol. The first kappa shape index (κ1) is 34.1. The quantitative estimate of drug-likeness (QED) is 0.270. The van der Waals surface area contributed by atoms with Crippen LogP contribution in [0.5, 0.6) is 0 Å². The molecule has 45 heavy (non-hydrogen) atoms. The fourth-order valence-electron chi connectivity index (χ4n) is 13.6. The van der Waals surface area contributed by atoms with Crippen LogP contribution < -0.4 is 0 Å². The van der Waals surface area contributed by atoms with Crippen LogP contribution in [0.15, 0.2) is 0 Å². The van der Waals surface area contributed by atoms with Crippen LogP contribution in [0.4, 0.5) is 0 Å². The van der Waals surface area contributed by atoms with E-state index in [4.69, 9.17) is 0 Å². The van der Waals surface area contributed by atoms with Gasteiger partial charge in [-0.15, -0.1) is 0 Å². The molecule has 6 fully saturated rings. The number of sulfone groups is 1. The van der Waals surface area contributed by atoms with Gasteiger partial charge in [0.25, 0.3) is 0 Å². The zero-order chi connectivity index (χ0) is 32.7. The molecule has 6 aliphatic rings. The van der Waals surface area contributed by atoms with Gasteiger partial charge < -0.3 is 10.2 Å². The van der Waals surface area contributed by atoms with Crippen molar-refractivity contribution in [1.82, 2.24) is 0 Å². The highest BCUT2D eigenvalue weighted by Crippen LogP contribution is 2.70. The Morgan fingerprint density at radius 3 is 2.27 bits per heavy atom. The molecule has 1 unspecified atom stereocenters. The van der Waals surface area contributed by atoms with Gasteiger partial charge in [0.2, 0.25) is 0 Å². The van der Waals surface area contributed by atoms with Gasteiger partial charge in [0.05, 0.1) is 18.0 Å². The zero-order valence-electron chi connectivity index (χ0n) is 29.0. The topological polar surface area (TPSA) is 109 Å². The van der Waals surface area contributed by atoms with Gasteiger partial charge in [-0.1, -0.05) is 54.4 Å². The van der Waals surface area contributed by atoms with E-state index in [1.165, 1.54) is 19.3 Å². The van der Waals surface area contributed by atoms with Crippen molar-refractivity contribution in [3.05, 3.63) is 0 Å². The molecule has 6 aliphatic carbocycles. The third kappa shape index (κ3) is 5.25. The molecule has 0 aliphatic heterocycles. The van der Waals surface area contributed by atoms with Gasteiger partial charge >= 0.3 is 0 Å². The number of carbonyl (C=O) groups is 2.